The van der Waals surface area contributed by atoms with E-state index in [0.717, 1.165) is 28.5 Å². The Morgan fingerprint density at radius 3 is 2.85 bits per heavy atom. The molecule has 26 heavy (non-hydrogen) atoms. The van der Waals surface area contributed by atoms with E-state index in [-0.39, 0.29) is 17.0 Å². The van der Waals surface area contributed by atoms with Crippen LogP contribution in [0, 0.1) is 0 Å². The summed E-state index contributed by atoms with van der Waals surface area (Å²) in [6, 6.07) is 4.42. The van der Waals surface area contributed by atoms with Gasteiger partial charge in [-0.25, -0.2) is 0 Å². The number of thiophene rings is 1. The van der Waals surface area contributed by atoms with Gasteiger partial charge < -0.3 is 10.4 Å². The van der Waals surface area contributed by atoms with E-state index in [2.05, 4.69) is 15.5 Å². The van der Waals surface area contributed by atoms with Gasteiger partial charge in [-0.2, -0.15) is 18.3 Å². The summed E-state index contributed by atoms with van der Waals surface area (Å²) in [4.78, 5) is 22.2. The standard InChI is InChI=1S/C15H10F3N3O3S2/c16-15(17,18)9-6-25-10-3-7(1-2-8(9)10)5-19-21-14-20-13(24)11(26-14)4-12(22)23/h1-3,5-6,11H,4H2,(H,22,23)(H,20,21,24). The second-order valence-electron chi connectivity index (χ2n) is 5.25. The van der Waals surface area contributed by atoms with Crippen molar-refractivity contribution in [1.82, 2.24) is 5.32 Å². The molecule has 6 nitrogen and oxygen atoms in total. The van der Waals surface area contributed by atoms with Crippen LogP contribution in [0.25, 0.3) is 10.1 Å². The molecule has 1 aliphatic rings. The van der Waals surface area contributed by atoms with Crippen molar-refractivity contribution >= 4 is 56.4 Å². The lowest BCUT2D eigenvalue weighted by Gasteiger charge is -2.04. The van der Waals surface area contributed by atoms with Crippen LogP contribution >= 0.6 is 23.1 Å². The molecular formula is C15H10F3N3O3S2. The molecule has 0 aliphatic carbocycles. The molecule has 1 aromatic heterocycles. The fourth-order valence-electron chi connectivity index (χ4n) is 2.24. The second kappa shape index (κ2) is 7.08. The minimum absolute atomic E-state index is 0.126. The van der Waals surface area contributed by atoms with Crippen molar-refractivity contribution in [3.8, 4) is 0 Å². The Morgan fingerprint density at radius 1 is 1.38 bits per heavy atom. The van der Waals surface area contributed by atoms with Crippen molar-refractivity contribution in [1.29, 1.82) is 0 Å². The molecule has 1 aromatic carbocycles. The smallest absolute Gasteiger partial charge is 0.417 e. The summed E-state index contributed by atoms with van der Waals surface area (Å²) in [5, 5.41) is 19.3. The number of carboxylic acids is 1. The lowest BCUT2D eigenvalue weighted by molar-refractivity contribution is -0.138. The zero-order valence-corrected chi connectivity index (χ0v) is 14.4. The average molecular weight is 401 g/mol. The first kappa shape index (κ1) is 18.4. The van der Waals surface area contributed by atoms with E-state index in [1.807, 2.05) is 0 Å². The fourth-order valence-corrected chi connectivity index (χ4v) is 4.17. The Balaban J connectivity index is 1.73. The Kier molecular flexibility index (Phi) is 5.01. The molecule has 1 saturated heterocycles. The van der Waals surface area contributed by atoms with Crippen molar-refractivity contribution in [2.24, 2.45) is 10.2 Å². The molecule has 0 saturated carbocycles. The number of carbonyl (C=O) groups excluding carboxylic acids is 1. The molecule has 0 spiro atoms. The third kappa shape index (κ3) is 4.05. The van der Waals surface area contributed by atoms with Crippen LogP contribution in [0.4, 0.5) is 13.2 Å². The molecule has 1 unspecified atom stereocenters. The van der Waals surface area contributed by atoms with Crippen molar-refractivity contribution in [3.63, 3.8) is 0 Å². The zero-order valence-electron chi connectivity index (χ0n) is 12.8. The van der Waals surface area contributed by atoms with Gasteiger partial charge in [-0.1, -0.05) is 23.9 Å². The first-order chi connectivity index (χ1) is 12.2. The molecule has 1 aliphatic heterocycles. The second-order valence-corrected chi connectivity index (χ2v) is 7.35. The van der Waals surface area contributed by atoms with E-state index >= 15 is 0 Å². The maximum atomic E-state index is 12.9. The summed E-state index contributed by atoms with van der Waals surface area (Å²) in [6.45, 7) is 0. The number of alkyl halides is 3. The number of carboxylic acid groups (broad SMARTS) is 1. The highest BCUT2D eigenvalue weighted by molar-refractivity contribution is 8.15. The number of amides is 1. The average Bonchev–Trinajstić information content (AvgIpc) is 3.10. The number of hydrogen-bond donors (Lipinski definition) is 2. The largest absolute Gasteiger partial charge is 0.481 e. The lowest BCUT2D eigenvalue weighted by Crippen LogP contribution is -2.26. The number of amidine groups is 1. The molecule has 136 valence electrons. The number of halogens is 3. The highest BCUT2D eigenvalue weighted by Crippen LogP contribution is 2.38. The summed E-state index contributed by atoms with van der Waals surface area (Å²) in [6.07, 6.45) is -3.38. The first-order valence-electron chi connectivity index (χ1n) is 7.13. The third-order valence-corrected chi connectivity index (χ3v) is 5.41. The molecule has 3 rings (SSSR count). The summed E-state index contributed by atoms with van der Waals surface area (Å²) in [5.41, 5.74) is -0.121. The predicted molar refractivity (Wildman–Crippen MR) is 93.6 cm³/mol. The molecule has 2 aromatic rings. The van der Waals surface area contributed by atoms with Crippen molar-refractivity contribution in [2.75, 3.05) is 0 Å². The SMILES string of the molecule is O=C(O)CC1SC(=NN=Cc2ccc3c(C(F)(F)F)csc3c2)NC1=O. The molecule has 1 atom stereocenters. The molecule has 1 amide bonds. The van der Waals surface area contributed by atoms with E-state index in [9.17, 15) is 22.8 Å². The lowest BCUT2D eigenvalue weighted by atomic mass is 10.1. The Hall–Kier alpha value is -2.40. The van der Waals surface area contributed by atoms with Crippen LogP contribution in [0.2, 0.25) is 0 Å². The van der Waals surface area contributed by atoms with E-state index in [1.165, 1.54) is 18.3 Å². The molecule has 2 N–H and O–H groups in total. The number of thioether (sulfide) groups is 1. The molecule has 0 radical (unpaired) electrons. The van der Waals surface area contributed by atoms with Gasteiger partial charge in [0.05, 0.1) is 18.2 Å². The highest BCUT2D eigenvalue weighted by atomic mass is 32.2. The molecule has 0 bridgehead atoms. The van der Waals surface area contributed by atoms with Crippen LogP contribution < -0.4 is 5.32 Å². The zero-order chi connectivity index (χ0) is 18.9. The van der Waals surface area contributed by atoms with Crippen molar-refractivity contribution in [3.05, 3.63) is 34.7 Å². The maximum absolute atomic E-state index is 12.9. The van der Waals surface area contributed by atoms with Gasteiger partial charge >= 0.3 is 12.1 Å². The van der Waals surface area contributed by atoms with Gasteiger partial charge in [0.25, 0.3) is 0 Å². The van der Waals surface area contributed by atoms with Gasteiger partial charge in [-0.3, -0.25) is 9.59 Å². The minimum atomic E-state index is -4.40. The van der Waals surface area contributed by atoms with Gasteiger partial charge in [0.1, 0.15) is 5.25 Å². The number of aliphatic carboxylic acids is 1. The summed E-state index contributed by atoms with van der Waals surface area (Å²) < 4.78 is 39.0. The Bertz CT molecular complexity index is 937. The number of rotatable bonds is 4. The molecular weight excluding hydrogens is 391 g/mol. The van der Waals surface area contributed by atoms with Crippen LogP contribution in [0.1, 0.15) is 17.5 Å². The van der Waals surface area contributed by atoms with Gasteiger partial charge in [-0.05, 0) is 11.6 Å². The van der Waals surface area contributed by atoms with Gasteiger partial charge in [0.15, 0.2) is 5.17 Å². The van der Waals surface area contributed by atoms with E-state index < -0.39 is 28.9 Å². The van der Waals surface area contributed by atoms with E-state index in [1.54, 1.807) is 6.07 Å². The molecule has 1 fully saturated rings. The summed E-state index contributed by atoms with van der Waals surface area (Å²) in [5.74, 6) is -1.55. The van der Waals surface area contributed by atoms with Crippen LogP contribution in [0.15, 0.2) is 33.8 Å². The number of carbonyl (C=O) groups is 2. The van der Waals surface area contributed by atoms with Crippen molar-refractivity contribution < 1.29 is 27.9 Å². The Morgan fingerprint density at radius 2 is 2.15 bits per heavy atom. The molecule has 2 heterocycles. The topological polar surface area (TPSA) is 91.1 Å². The van der Waals surface area contributed by atoms with E-state index in [4.69, 9.17) is 5.11 Å². The van der Waals surface area contributed by atoms with Gasteiger partial charge in [0, 0.05) is 15.5 Å². The van der Waals surface area contributed by atoms with Crippen LogP contribution in [0.3, 0.4) is 0 Å². The summed E-state index contributed by atoms with van der Waals surface area (Å²) in [7, 11) is 0. The quantitative estimate of drug-likeness (QED) is 0.607. The van der Waals surface area contributed by atoms with Crippen LogP contribution in [-0.4, -0.2) is 33.6 Å². The summed E-state index contributed by atoms with van der Waals surface area (Å²) >= 11 is 1.95. The van der Waals surface area contributed by atoms with Crippen LogP contribution in [0.5, 0.6) is 0 Å². The number of fused-ring (bicyclic) bond motifs is 1. The number of hydrogen-bond acceptors (Lipinski definition) is 6. The number of benzene rings is 1. The monoisotopic (exact) mass is 401 g/mol. The van der Waals surface area contributed by atoms with E-state index in [0.29, 0.717) is 10.3 Å². The van der Waals surface area contributed by atoms with Gasteiger partial charge in [-0.15, -0.1) is 16.4 Å². The maximum Gasteiger partial charge on any atom is 0.417 e. The predicted octanol–water partition coefficient (Wildman–Crippen LogP) is 3.32. The van der Waals surface area contributed by atoms with Gasteiger partial charge in [0.2, 0.25) is 5.91 Å². The third-order valence-electron chi connectivity index (χ3n) is 3.40. The fraction of sp³-hybridized carbons (Fsp3) is 0.200. The number of nitrogens with one attached hydrogen (secondary N) is 1. The van der Waals surface area contributed by atoms with Crippen LogP contribution in [-0.2, 0) is 15.8 Å². The molecule has 11 heteroatoms. The Labute approximate surface area is 152 Å². The van der Waals surface area contributed by atoms with Crippen molar-refractivity contribution in [2.45, 2.75) is 17.8 Å². The first-order valence-corrected chi connectivity index (χ1v) is 8.89. The normalized spacial score (nSPS) is 19.6. The highest BCUT2D eigenvalue weighted by Gasteiger charge is 2.33. The minimum Gasteiger partial charge on any atom is -0.481 e. The number of nitrogens with zero attached hydrogens (tertiary/aromatic N) is 2.